The molecule has 1 aliphatic rings. The van der Waals surface area contributed by atoms with Gasteiger partial charge < -0.3 is 20.2 Å². The summed E-state index contributed by atoms with van der Waals surface area (Å²) in [5.41, 5.74) is 0.170. The molecule has 1 aromatic heterocycles. The van der Waals surface area contributed by atoms with Gasteiger partial charge in [0, 0.05) is 19.5 Å². The van der Waals surface area contributed by atoms with Crippen LogP contribution in [0.2, 0.25) is 0 Å². The minimum Gasteiger partial charge on any atom is -0.469 e. The molecule has 0 spiro atoms. The van der Waals surface area contributed by atoms with Crippen molar-refractivity contribution in [2.24, 2.45) is 0 Å². The van der Waals surface area contributed by atoms with E-state index in [2.05, 4.69) is 16.7 Å². The van der Waals surface area contributed by atoms with E-state index >= 15 is 0 Å². The van der Waals surface area contributed by atoms with Gasteiger partial charge in [-0.05, 0) is 51.2 Å². The van der Waals surface area contributed by atoms with Gasteiger partial charge in [0.15, 0.2) is 0 Å². The molecule has 0 fully saturated rings. The van der Waals surface area contributed by atoms with Gasteiger partial charge in [-0.2, -0.15) is 0 Å². The summed E-state index contributed by atoms with van der Waals surface area (Å²) in [7, 11) is 0. The van der Waals surface area contributed by atoms with Crippen LogP contribution < -0.4 is 10.6 Å². The highest BCUT2D eigenvalue weighted by atomic mass is 16.3. The zero-order chi connectivity index (χ0) is 17.4. The van der Waals surface area contributed by atoms with Crippen molar-refractivity contribution in [3.8, 4) is 0 Å². The molecular weight excluding hydrogens is 308 g/mol. The summed E-state index contributed by atoms with van der Waals surface area (Å²) in [5.74, 6) is -0.771. The Kier molecular flexibility index (Phi) is 6.61. The second-order valence-corrected chi connectivity index (χ2v) is 6.55. The van der Waals surface area contributed by atoms with Crippen molar-refractivity contribution in [2.75, 3.05) is 13.1 Å². The average Bonchev–Trinajstić information content (AvgIpc) is 3.05. The van der Waals surface area contributed by atoms with Crippen LogP contribution in [0.3, 0.4) is 0 Å². The molecule has 0 saturated carbocycles. The molecule has 2 rings (SSSR count). The fraction of sp³-hybridized carbons (Fsp3) is 0.556. The van der Waals surface area contributed by atoms with E-state index in [1.165, 1.54) is 24.7 Å². The van der Waals surface area contributed by atoms with Crippen LogP contribution in [0.15, 0.2) is 34.5 Å². The van der Waals surface area contributed by atoms with E-state index in [0.717, 1.165) is 19.3 Å². The Morgan fingerprint density at radius 1 is 1.29 bits per heavy atom. The van der Waals surface area contributed by atoms with Gasteiger partial charge in [-0.1, -0.05) is 11.6 Å². The van der Waals surface area contributed by atoms with Gasteiger partial charge >= 0.3 is 11.8 Å². The molecule has 2 amide bonds. The Morgan fingerprint density at radius 2 is 2.08 bits per heavy atom. The molecule has 0 bridgehead atoms. The molecule has 0 aliphatic heterocycles. The summed E-state index contributed by atoms with van der Waals surface area (Å²) in [6, 6.07) is 3.49. The molecule has 132 valence electrons. The van der Waals surface area contributed by atoms with E-state index in [1.807, 2.05) is 0 Å². The zero-order valence-corrected chi connectivity index (χ0v) is 14.1. The molecule has 1 heterocycles. The van der Waals surface area contributed by atoms with E-state index in [9.17, 15) is 14.7 Å². The predicted octanol–water partition coefficient (Wildman–Crippen LogP) is 1.70. The topological polar surface area (TPSA) is 91.6 Å². The maximum atomic E-state index is 11.8. The molecule has 1 unspecified atom stereocenters. The van der Waals surface area contributed by atoms with Crippen molar-refractivity contribution in [1.82, 2.24) is 10.6 Å². The summed E-state index contributed by atoms with van der Waals surface area (Å²) in [4.78, 5) is 23.6. The van der Waals surface area contributed by atoms with Gasteiger partial charge in [0.25, 0.3) is 0 Å². The van der Waals surface area contributed by atoms with E-state index in [4.69, 9.17) is 4.42 Å². The highest BCUT2D eigenvalue weighted by molar-refractivity contribution is 6.35. The van der Waals surface area contributed by atoms with Crippen LogP contribution in [-0.4, -0.2) is 35.6 Å². The molecule has 0 radical (unpaired) electrons. The third-order valence-electron chi connectivity index (χ3n) is 4.09. The van der Waals surface area contributed by atoms with Gasteiger partial charge in [0.05, 0.1) is 11.9 Å². The molecule has 6 heteroatoms. The summed E-state index contributed by atoms with van der Waals surface area (Å²) < 4.78 is 5.18. The average molecular weight is 334 g/mol. The van der Waals surface area contributed by atoms with Crippen LogP contribution in [0, 0.1) is 0 Å². The minimum absolute atomic E-state index is 0.0227. The Labute approximate surface area is 142 Å². The van der Waals surface area contributed by atoms with Crippen LogP contribution in [0.4, 0.5) is 0 Å². The molecule has 1 atom stereocenters. The first-order valence-electron chi connectivity index (χ1n) is 8.45. The summed E-state index contributed by atoms with van der Waals surface area (Å²) in [5, 5.41) is 15.3. The van der Waals surface area contributed by atoms with Crippen LogP contribution in [-0.2, 0) is 16.0 Å². The Morgan fingerprint density at radius 3 is 2.75 bits per heavy atom. The molecule has 6 nitrogen and oxygen atoms in total. The lowest BCUT2D eigenvalue weighted by molar-refractivity contribution is -0.139. The van der Waals surface area contributed by atoms with E-state index in [1.54, 1.807) is 19.1 Å². The number of hydrogen-bond donors (Lipinski definition) is 3. The van der Waals surface area contributed by atoms with Crippen LogP contribution in [0.25, 0.3) is 0 Å². The normalized spacial score (nSPS) is 16.8. The monoisotopic (exact) mass is 334 g/mol. The second kappa shape index (κ2) is 8.68. The number of allylic oxidation sites excluding steroid dienone is 1. The highest BCUT2D eigenvalue weighted by Crippen LogP contribution is 2.19. The lowest BCUT2D eigenvalue weighted by atomic mass is 9.97. The van der Waals surface area contributed by atoms with Crippen LogP contribution in [0.1, 0.15) is 44.8 Å². The smallest absolute Gasteiger partial charge is 0.309 e. The maximum Gasteiger partial charge on any atom is 0.309 e. The number of amides is 2. The summed E-state index contributed by atoms with van der Waals surface area (Å²) in [6.45, 7) is 2.02. The van der Waals surface area contributed by atoms with Crippen molar-refractivity contribution in [2.45, 2.75) is 51.0 Å². The van der Waals surface area contributed by atoms with E-state index < -0.39 is 17.4 Å². The molecule has 0 saturated heterocycles. The summed E-state index contributed by atoms with van der Waals surface area (Å²) >= 11 is 0. The number of furan rings is 1. The molecule has 1 aliphatic carbocycles. The number of hydrogen-bond acceptors (Lipinski definition) is 4. The van der Waals surface area contributed by atoms with Crippen molar-refractivity contribution < 1.29 is 19.1 Å². The Hall–Kier alpha value is -2.08. The third kappa shape index (κ3) is 6.20. The SMILES string of the molecule is CC(O)(CNC(=O)C(=O)NCCC1=CCCCC1)Cc1ccco1. The zero-order valence-electron chi connectivity index (χ0n) is 14.1. The standard InChI is InChI=1S/C18H26N2O4/c1-18(23,12-15-8-5-11-24-15)13-20-17(22)16(21)19-10-9-14-6-3-2-4-7-14/h5-6,8,11,23H,2-4,7,9-10,12-13H2,1H3,(H,19,21)(H,20,22). The fourth-order valence-corrected chi connectivity index (χ4v) is 2.75. The number of aliphatic hydroxyl groups is 1. The number of carbonyl (C=O) groups excluding carboxylic acids is 2. The van der Waals surface area contributed by atoms with Gasteiger partial charge in [0.1, 0.15) is 5.76 Å². The second-order valence-electron chi connectivity index (χ2n) is 6.55. The minimum atomic E-state index is -1.18. The fourth-order valence-electron chi connectivity index (χ4n) is 2.75. The van der Waals surface area contributed by atoms with E-state index in [-0.39, 0.29) is 13.0 Å². The summed E-state index contributed by atoms with van der Waals surface area (Å²) in [6.07, 6.45) is 9.42. The lowest BCUT2D eigenvalue weighted by Crippen LogP contribution is -2.47. The van der Waals surface area contributed by atoms with Gasteiger partial charge in [-0.25, -0.2) is 0 Å². The first-order chi connectivity index (χ1) is 11.5. The number of rotatable bonds is 7. The first kappa shape index (κ1) is 18.3. The number of nitrogens with one attached hydrogen (secondary N) is 2. The van der Waals surface area contributed by atoms with Crippen LogP contribution >= 0.6 is 0 Å². The largest absolute Gasteiger partial charge is 0.469 e. The van der Waals surface area contributed by atoms with Gasteiger partial charge in [0.2, 0.25) is 0 Å². The lowest BCUT2D eigenvalue weighted by Gasteiger charge is -2.22. The van der Waals surface area contributed by atoms with E-state index in [0.29, 0.717) is 12.3 Å². The van der Waals surface area contributed by atoms with Gasteiger partial charge in [-0.3, -0.25) is 9.59 Å². The first-order valence-corrected chi connectivity index (χ1v) is 8.45. The molecule has 3 N–H and O–H groups in total. The highest BCUT2D eigenvalue weighted by Gasteiger charge is 2.24. The van der Waals surface area contributed by atoms with Crippen molar-refractivity contribution in [1.29, 1.82) is 0 Å². The maximum absolute atomic E-state index is 11.8. The molecule has 24 heavy (non-hydrogen) atoms. The Balaban J connectivity index is 1.67. The number of carbonyl (C=O) groups is 2. The molecule has 0 aromatic carbocycles. The van der Waals surface area contributed by atoms with Crippen molar-refractivity contribution in [3.05, 3.63) is 35.8 Å². The van der Waals surface area contributed by atoms with Crippen molar-refractivity contribution >= 4 is 11.8 Å². The third-order valence-corrected chi connectivity index (χ3v) is 4.09. The quantitative estimate of drug-likeness (QED) is 0.523. The predicted molar refractivity (Wildman–Crippen MR) is 90.2 cm³/mol. The van der Waals surface area contributed by atoms with Gasteiger partial charge in [-0.15, -0.1) is 0 Å². The van der Waals surface area contributed by atoms with Crippen LogP contribution in [0.5, 0.6) is 0 Å². The molecule has 1 aromatic rings. The van der Waals surface area contributed by atoms with Crippen molar-refractivity contribution in [3.63, 3.8) is 0 Å². The molecular formula is C18H26N2O4. The Bertz CT molecular complexity index is 576.